The highest BCUT2D eigenvalue weighted by Crippen LogP contribution is 2.27. The third-order valence-electron chi connectivity index (χ3n) is 2.02. The molecule has 0 unspecified atom stereocenters. The Morgan fingerprint density at radius 1 is 1.18 bits per heavy atom. The highest BCUT2D eigenvalue weighted by atomic mass is 79.9. The molecule has 88 valence electrons. The highest BCUT2D eigenvalue weighted by Gasteiger charge is 2.02. The number of ether oxygens (including phenoxy) is 2. The highest BCUT2D eigenvalue weighted by molar-refractivity contribution is 9.10. The molecule has 1 aromatic heterocycles. The molecule has 0 atom stereocenters. The fraction of sp³-hybridized carbons (Fsp3) is 0.0833. The van der Waals surface area contributed by atoms with Gasteiger partial charge in [0, 0.05) is 28.4 Å². The number of nitrogen functional groups attached to an aromatic ring is 1. The Bertz CT molecular complexity index is 511. The van der Waals surface area contributed by atoms with Crippen molar-refractivity contribution in [3.8, 4) is 17.5 Å². The molecule has 0 aliphatic heterocycles. The molecule has 17 heavy (non-hydrogen) atoms. The van der Waals surface area contributed by atoms with Gasteiger partial charge >= 0.3 is 0 Å². The zero-order valence-corrected chi connectivity index (χ0v) is 10.8. The van der Waals surface area contributed by atoms with Crippen molar-refractivity contribution in [3.05, 3.63) is 40.9 Å². The lowest BCUT2D eigenvalue weighted by Crippen LogP contribution is -1.92. The summed E-state index contributed by atoms with van der Waals surface area (Å²) in [5.74, 6) is 1.59. The van der Waals surface area contributed by atoms with E-state index < -0.39 is 0 Å². The normalized spacial score (nSPS) is 10.0. The Morgan fingerprint density at radius 2 is 1.94 bits per heavy atom. The summed E-state index contributed by atoms with van der Waals surface area (Å²) in [6.45, 7) is 0. The van der Waals surface area contributed by atoms with Gasteiger partial charge < -0.3 is 15.2 Å². The standard InChI is InChI=1S/C12H11BrN2O2/c1-16-11-3-2-4-12(15-11)17-10-6-8(13)5-9(14)7-10/h2-7H,14H2,1H3. The van der Waals surface area contributed by atoms with Crippen molar-refractivity contribution in [1.29, 1.82) is 0 Å². The number of benzene rings is 1. The number of anilines is 1. The van der Waals surface area contributed by atoms with Crippen molar-refractivity contribution in [2.24, 2.45) is 0 Å². The minimum absolute atomic E-state index is 0.460. The van der Waals surface area contributed by atoms with E-state index in [1.807, 2.05) is 12.1 Å². The van der Waals surface area contributed by atoms with E-state index in [0.717, 1.165) is 4.47 Å². The van der Waals surface area contributed by atoms with Crippen LogP contribution in [0.4, 0.5) is 5.69 Å². The second-order valence-corrected chi connectivity index (χ2v) is 4.26. The third-order valence-corrected chi connectivity index (χ3v) is 2.48. The minimum Gasteiger partial charge on any atom is -0.481 e. The number of methoxy groups -OCH3 is 1. The molecule has 2 rings (SSSR count). The van der Waals surface area contributed by atoms with Crippen LogP contribution in [-0.4, -0.2) is 12.1 Å². The topological polar surface area (TPSA) is 57.4 Å². The zero-order chi connectivity index (χ0) is 12.3. The van der Waals surface area contributed by atoms with E-state index in [4.69, 9.17) is 15.2 Å². The first-order valence-corrected chi connectivity index (χ1v) is 5.71. The van der Waals surface area contributed by atoms with Crippen molar-refractivity contribution >= 4 is 21.6 Å². The predicted octanol–water partition coefficient (Wildman–Crippen LogP) is 3.23. The van der Waals surface area contributed by atoms with Crippen molar-refractivity contribution in [3.63, 3.8) is 0 Å². The minimum atomic E-state index is 0.460. The van der Waals surface area contributed by atoms with Gasteiger partial charge in [0.1, 0.15) is 5.75 Å². The SMILES string of the molecule is COc1cccc(Oc2cc(N)cc(Br)c2)n1. The van der Waals surface area contributed by atoms with Crippen molar-refractivity contribution in [2.45, 2.75) is 0 Å². The Balaban J connectivity index is 2.24. The Hall–Kier alpha value is -1.75. The van der Waals surface area contributed by atoms with Crippen LogP contribution in [0.1, 0.15) is 0 Å². The number of halogens is 1. The molecule has 0 aliphatic carbocycles. The fourth-order valence-electron chi connectivity index (χ4n) is 1.33. The van der Waals surface area contributed by atoms with Crippen LogP contribution >= 0.6 is 15.9 Å². The second kappa shape index (κ2) is 5.05. The Morgan fingerprint density at radius 3 is 2.65 bits per heavy atom. The summed E-state index contributed by atoms with van der Waals surface area (Å²) in [6, 6.07) is 10.7. The maximum atomic E-state index is 5.71. The van der Waals surface area contributed by atoms with Gasteiger partial charge in [-0.1, -0.05) is 22.0 Å². The molecular weight excluding hydrogens is 284 g/mol. The van der Waals surface area contributed by atoms with Crippen molar-refractivity contribution < 1.29 is 9.47 Å². The summed E-state index contributed by atoms with van der Waals surface area (Å²) >= 11 is 3.35. The molecule has 1 aromatic carbocycles. The second-order valence-electron chi connectivity index (χ2n) is 3.34. The summed E-state index contributed by atoms with van der Waals surface area (Å²) in [5.41, 5.74) is 6.34. The lowest BCUT2D eigenvalue weighted by molar-refractivity contribution is 0.383. The molecule has 0 bridgehead atoms. The van der Waals surface area contributed by atoms with Gasteiger partial charge in [0.25, 0.3) is 0 Å². The number of nitrogens with two attached hydrogens (primary N) is 1. The summed E-state index contributed by atoms with van der Waals surface area (Å²) in [6.07, 6.45) is 0. The number of nitrogens with zero attached hydrogens (tertiary/aromatic N) is 1. The molecule has 5 heteroatoms. The first-order chi connectivity index (χ1) is 8.17. The molecule has 4 nitrogen and oxygen atoms in total. The summed E-state index contributed by atoms with van der Waals surface area (Å²) in [7, 11) is 1.56. The smallest absolute Gasteiger partial charge is 0.222 e. The van der Waals surface area contributed by atoms with E-state index in [2.05, 4.69) is 20.9 Å². The summed E-state index contributed by atoms with van der Waals surface area (Å²) in [4.78, 5) is 4.15. The van der Waals surface area contributed by atoms with Gasteiger partial charge in [0.05, 0.1) is 7.11 Å². The Kier molecular flexibility index (Phi) is 3.49. The quantitative estimate of drug-likeness (QED) is 0.883. The van der Waals surface area contributed by atoms with E-state index in [9.17, 15) is 0 Å². The molecule has 0 radical (unpaired) electrons. The first-order valence-electron chi connectivity index (χ1n) is 4.92. The van der Waals surface area contributed by atoms with Gasteiger partial charge in [-0.15, -0.1) is 0 Å². The largest absolute Gasteiger partial charge is 0.481 e. The van der Waals surface area contributed by atoms with Crippen LogP contribution in [0, 0.1) is 0 Å². The molecule has 0 saturated carbocycles. The summed E-state index contributed by atoms with van der Waals surface area (Å²) in [5, 5.41) is 0. The molecule has 0 aliphatic rings. The molecule has 0 saturated heterocycles. The number of hydrogen-bond donors (Lipinski definition) is 1. The van der Waals surface area contributed by atoms with E-state index in [1.54, 1.807) is 31.4 Å². The van der Waals surface area contributed by atoms with Crippen LogP contribution in [-0.2, 0) is 0 Å². The van der Waals surface area contributed by atoms with Crippen LogP contribution < -0.4 is 15.2 Å². The average molecular weight is 295 g/mol. The van der Waals surface area contributed by atoms with Gasteiger partial charge in [-0.3, -0.25) is 0 Å². The lowest BCUT2D eigenvalue weighted by Gasteiger charge is -2.07. The Labute approximate surface area is 108 Å². The van der Waals surface area contributed by atoms with Crippen LogP contribution in [0.25, 0.3) is 0 Å². The van der Waals surface area contributed by atoms with Gasteiger partial charge in [-0.05, 0) is 12.1 Å². The number of aromatic nitrogens is 1. The van der Waals surface area contributed by atoms with Crippen molar-refractivity contribution in [1.82, 2.24) is 4.98 Å². The van der Waals surface area contributed by atoms with E-state index in [1.165, 1.54) is 0 Å². The predicted molar refractivity (Wildman–Crippen MR) is 69.4 cm³/mol. The fourth-order valence-corrected chi connectivity index (χ4v) is 1.82. The van der Waals surface area contributed by atoms with Gasteiger partial charge in [-0.25, -0.2) is 0 Å². The number of hydrogen-bond acceptors (Lipinski definition) is 4. The zero-order valence-electron chi connectivity index (χ0n) is 9.18. The molecule has 1 heterocycles. The van der Waals surface area contributed by atoms with Gasteiger partial charge in [0.2, 0.25) is 11.8 Å². The maximum Gasteiger partial charge on any atom is 0.222 e. The average Bonchev–Trinajstić information content (AvgIpc) is 2.28. The molecular formula is C12H11BrN2O2. The van der Waals surface area contributed by atoms with Crippen LogP contribution in [0.3, 0.4) is 0 Å². The number of rotatable bonds is 3. The maximum absolute atomic E-state index is 5.71. The molecule has 2 N–H and O–H groups in total. The van der Waals surface area contributed by atoms with E-state index in [0.29, 0.717) is 23.2 Å². The number of pyridine rings is 1. The summed E-state index contributed by atoms with van der Waals surface area (Å²) < 4.78 is 11.5. The van der Waals surface area contributed by atoms with E-state index in [-0.39, 0.29) is 0 Å². The van der Waals surface area contributed by atoms with Gasteiger partial charge in [-0.2, -0.15) is 4.98 Å². The van der Waals surface area contributed by atoms with Crippen molar-refractivity contribution in [2.75, 3.05) is 12.8 Å². The van der Waals surface area contributed by atoms with Crippen LogP contribution in [0.15, 0.2) is 40.9 Å². The lowest BCUT2D eigenvalue weighted by atomic mass is 10.3. The van der Waals surface area contributed by atoms with Crippen LogP contribution in [0.2, 0.25) is 0 Å². The molecule has 0 amide bonds. The molecule has 2 aromatic rings. The molecule has 0 fully saturated rings. The molecule has 0 spiro atoms. The first kappa shape index (κ1) is 11.7. The van der Waals surface area contributed by atoms with Gasteiger partial charge in [0.15, 0.2) is 0 Å². The van der Waals surface area contributed by atoms with Crippen LogP contribution in [0.5, 0.6) is 17.5 Å². The monoisotopic (exact) mass is 294 g/mol. The third kappa shape index (κ3) is 3.10. The van der Waals surface area contributed by atoms with E-state index >= 15 is 0 Å².